The number of imide groups is 1. The maximum Gasteiger partial charge on any atom is 0.327 e. The summed E-state index contributed by atoms with van der Waals surface area (Å²) in [7, 11) is 0. The van der Waals surface area contributed by atoms with E-state index in [1.54, 1.807) is 44.2 Å². The van der Waals surface area contributed by atoms with Crippen LogP contribution in [0.2, 0.25) is 0 Å². The molecule has 0 spiro atoms. The molecular formula is C20H23N5O6S. The third kappa shape index (κ3) is 3.64. The average molecular weight is 462 g/mol. The molecule has 0 aliphatic carbocycles. The molecule has 0 radical (unpaired) electrons. The quantitative estimate of drug-likeness (QED) is 0.454. The summed E-state index contributed by atoms with van der Waals surface area (Å²) in [5.74, 6) is -2.20. The van der Waals surface area contributed by atoms with E-state index in [4.69, 9.17) is 0 Å². The van der Waals surface area contributed by atoms with Crippen molar-refractivity contribution in [2.75, 3.05) is 13.1 Å². The molecule has 3 saturated heterocycles. The Morgan fingerprint density at radius 1 is 1.22 bits per heavy atom. The van der Waals surface area contributed by atoms with Gasteiger partial charge in [-0.15, -0.1) is 11.8 Å². The van der Waals surface area contributed by atoms with Gasteiger partial charge in [-0.05, 0) is 19.4 Å². The molecular weight excluding hydrogens is 438 g/mol. The Balaban J connectivity index is 1.51. The fourth-order valence-corrected chi connectivity index (χ4v) is 5.82. The zero-order valence-electron chi connectivity index (χ0n) is 17.4. The molecule has 1 aromatic carbocycles. The molecule has 0 unspecified atom stereocenters. The van der Waals surface area contributed by atoms with Gasteiger partial charge in [0.15, 0.2) is 0 Å². The Bertz CT molecular complexity index is 986. The van der Waals surface area contributed by atoms with Crippen molar-refractivity contribution in [1.82, 2.24) is 25.8 Å². The van der Waals surface area contributed by atoms with E-state index in [-0.39, 0.29) is 6.54 Å². The number of thioether (sulfide) groups is 1. The summed E-state index contributed by atoms with van der Waals surface area (Å²) >= 11 is 1.31. The summed E-state index contributed by atoms with van der Waals surface area (Å²) < 4.78 is -0.720. The number of carboxylic acid groups (broad SMARTS) is 1. The van der Waals surface area contributed by atoms with Crippen molar-refractivity contribution in [1.29, 1.82) is 0 Å². The average Bonchev–Trinajstić information content (AvgIpc) is 3.29. The van der Waals surface area contributed by atoms with Gasteiger partial charge in [-0.25, -0.2) is 19.3 Å². The molecule has 12 heteroatoms. The number of rotatable bonds is 5. The van der Waals surface area contributed by atoms with E-state index in [1.165, 1.54) is 16.7 Å². The predicted molar refractivity (Wildman–Crippen MR) is 113 cm³/mol. The highest BCUT2D eigenvalue weighted by Gasteiger charge is 2.64. The summed E-state index contributed by atoms with van der Waals surface area (Å²) in [5.41, 5.74) is 0.476. The predicted octanol–water partition coefficient (Wildman–Crippen LogP) is 0.0942. The molecule has 0 aromatic heterocycles. The number of carbonyl (C=O) groups is 5. The van der Waals surface area contributed by atoms with E-state index in [0.29, 0.717) is 12.1 Å². The summed E-state index contributed by atoms with van der Waals surface area (Å²) in [6.07, 6.45) is 0. The molecule has 3 aliphatic rings. The molecule has 3 heterocycles. The fourth-order valence-electron chi connectivity index (χ4n) is 4.19. The van der Waals surface area contributed by atoms with E-state index < -0.39 is 58.1 Å². The van der Waals surface area contributed by atoms with Gasteiger partial charge in [0.1, 0.15) is 23.5 Å². The number of fused-ring (bicyclic) bond motifs is 1. The number of urea groups is 2. The summed E-state index contributed by atoms with van der Waals surface area (Å²) in [4.78, 5) is 64.2. The monoisotopic (exact) mass is 461 g/mol. The first-order chi connectivity index (χ1) is 15.1. The van der Waals surface area contributed by atoms with Crippen LogP contribution in [-0.2, 0) is 14.4 Å². The van der Waals surface area contributed by atoms with Crippen LogP contribution < -0.4 is 16.0 Å². The largest absolute Gasteiger partial charge is 0.480 e. The van der Waals surface area contributed by atoms with E-state index in [1.807, 2.05) is 0 Å². The molecule has 3 aliphatic heterocycles. The number of benzene rings is 1. The third-order valence-corrected chi connectivity index (χ3v) is 7.31. The molecule has 11 nitrogen and oxygen atoms in total. The van der Waals surface area contributed by atoms with Gasteiger partial charge >= 0.3 is 18.0 Å². The number of carbonyl (C=O) groups excluding carboxylic acids is 4. The van der Waals surface area contributed by atoms with Gasteiger partial charge < -0.3 is 26.0 Å². The number of aliphatic carboxylic acids is 1. The van der Waals surface area contributed by atoms with Gasteiger partial charge in [0, 0.05) is 17.8 Å². The van der Waals surface area contributed by atoms with Gasteiger partial charge in [-0.2, -0.15) is 0 Å². The first kappa shape index (κ1) is 21.9. The van der Waals surface area contributed by atoms with Crippen LogP contribution in [0.4, 0.5) is 9.59 Å². The summed E-state index contributed by atoms with van der Waals surface area (Å²) in [6.45, 7) is 3.98. The molecule has 0 bridgehead atoms. The molecule has 1 aromatic rings. The lowest BCUT2D eigenvalue weighted by molar-refractivity contribution is -0.161. The molecule has 6 amide bonds. The Hall–Kier alpha value is -3.28. The summed E-state index contributed by atoms with van der Waals surface area (Å²) in [6, 6.07) is 4.14. The van der Waals surface area contributed by atoms with Crippen LogP contribution in [0.1, 0.15) is 25.5 Å². The molecule has 4 rings (SSSR count). The third-order valence-electron chi connectivity index (χ3n) is 5.74. The number of hydrogen-bond donors (Lipinski definition) is 4. The van der Waals surface area contributed by atoms with Gasteiger partial charge in [0.2, 0.25) is 11.8 Å². The lowest BCUT2D eigenvalue weighted by Gasteiger charge is -2.44. The SMILES string of the molecule is CC1(C)S[C@@H]2[C@@H](NC(=O)[C@H](NC(=O)N3CCNC3=O)c3ccccc3)C(=O)N2[C@H]1C(=O)O. The summed E-state index contributed by atoms with van der Waals surface area (Å²) in [5, 5.41) is 16.8. The highest BCUT2D eigenvalue weighted by atomic mass is 32.2. The number of hydrogen-bond acceptors (Lipinski definition) is 6. The van der Waals surface area contributed by atoms with E-state index >= 15 is 0 Å². The Morgan fingerprint density at radius 3 is 2.50 bits per heavy atom. The molecule has 4 atom stereocenters. The molecule has 4 N–H and O–H groups in total. The highest BCUT2D eigenvalue weighted by Crippen LogP contribution is 2.50. The number of amides is 6. The van der Waals surface area contributed by atoms with Gasteiger partial charge in [0.25, 0.3) is 0 Å². The van der Waals surface area contributed by atoms with Crippen molar-refractivity contribution in [3.8, 4) is 0 Å². The van der Waals surface area contributed by atoms with Crippen molar-refractivity contribution in [3.05, 3.63) is 35.9 Å². The first-order valence-electron chi connectivity index (χ1n) is 10.1. The van der Waals surface area contributed by atoms with Crippen molar-refractivity contribution in [2.45, 2.75) is 42.1 Å². The second-order valence-corrected chi connectivity index (χ2v) is 10.0. The first-order valence-corrected chi connectivity index (χ1v) is 10.9. The van der Waals surface area contributed by atoms with Crippen molar-refractivity contribution < 1.29 is 29.1 Å². The maximum atomic E-state index is 13.1. The second kappa shape index (κ2) is 8.01. The van der Waals surface area contributed by atoms with E-state index in [0.717, 1.165) is 4.90 Å². The number of carboxylic acids is 1. The van der Waals surface area contributed by atoms with Crippen molar-refractivity contribution in [2.24, 2.45) is 0 Å². The molecule has 0 saturated carbocycles. The molecule has 32 heavy (non-hydrogen) atoms. The molecule has 3 fully saturated rings. The van der Waals surface area contributed by atoms with Gasteiger partial charge in [0.05, 0.1) is 0 Å². The van der Waals surface area contributed by atoms with Crippen LogP contribution in [0.15, 0.2) is 30.3 Å². The van der Waals surface area contributed by atoms with Crippen molar-refractivity contribution >= 4 is 41.6 Å². The zero-order chi connectivity index (χ0) is 23.2. The normalized spacial score (nSPS) is 26.6. The highest BCUT2D eigenvalue weighted by molar-refractivity contribution is 8.01. The zero-order valence-corrected chi connectivity index (χ0v) is 18.2. The topological polar surface area (TPSA) is 148 Å². The minimum Gasteiger partial charge on any atom is -0.480 e. The molecule has 170 valence electrons. The van der Waals surface area contributed by atoms with Crippen LogP contribution >= 0.6 is 11.8 Å². The number of β-lactam (4-membered cyclic amide) rings is 1. The van der Waals surface area contributed by atoms with Crippen molar-refractivity contribution in [3.63, 3.8) is 0 Å². The minimum absolute atomic E-state index is 0.175. The lowest BCUT2D eigenvalue weighted by atomic mass is 9.95. The minimum atomic E-state index is -1.14. The Labute approximate surface area is 187 Å². The Morgan fingerprint density at radius 2 is 1.91 bits per heavy atom. The number of nitrogens with one attached hydrogen (secondary N) is 3. The van der Waals surface area contributed by atoms with Crippen LogP contribution in [0, 0.1) is 0 Å². The lowest BCUT2D eigenvalue weighted by Crippen LogP contribution is -2.71. The van der Waals surface area contributed by atoms with Crippen LogP contribution in [0.3, 0.4) is 0 Å². The number of nitrogens with zero attached hydrogens (tertiary/aromatic N) is 2. The standard InChI is InChI=1S/C20H23N5O6S/c1-20(2)13(17(28)29)25-15(27)12(16(25)32-20)22-14(26)11(10-6-4-3-5-7-10)23-19(31)24-9-8-21-18(24)30/h3-7,11-13,16H,8-9H2,1-2H3,(H,21,30)(H,22,26)(H,23,31)(H,28,29)/t11-,12+,13+,16-/m1/s1. The van der Waals surface area contributed by atoms with E-state index in [2.05, 4.69) is 16.0 Å². The van der Waals surface area contributed by atoms with Gasteiger partial charge in [-0.1, -0.05) is 30.3 Å². The van der Waals surface area contributed by atoms with Gasteiger partial charge in [-0.3, -0.25) is 9.59 Å². The smallest absolute Gasteiger partial charge is 0.327 e. The fraction of sp³-hybridized carbons (Fsp3) is 0.450. The van der Waals surface area contributed by atoms with Crippen LogP contribution in [-0.4, -0.2) is 80.0 Å². The van der Waals surface area contributed by atoms with E-state index in [9.17, 15) is 29.1 Å². The second-order valence-electron chi connectivity index (χ2n) is 8.26. The maximum absolute atomic E-state index is 13.1. The van der Waals surface area contributed by atoms with Crippen LogP contribution in [0.25, 0.3) is 0 Å². The van der Waals surface area contributed by atoms with Crippen LogP contribution in [0.5, 0.6) is 0 Å². The Kier molecular flexibility index (Phi) is 5.49.